The number of alkyl halides is 6. The molecule has 1 nitrogen and oxygen atoms in total. The third-order valence-electron chi connectivity index (χ3n) is 2.56. The number of benzene rings is 1. The van der Waals surface area contributed by atoms with E-state index in [1.165, 1.54) is 0 Å². The summed E-state index contributed by atoms with van der Waals surface area (Å²) >= 11 is 0. The van der Waals surface area contributed by atoms with Crippen LogP contribution in [0, 0.1) is 0 Å². The smallest absolute Gasteiger partial charge is 0.388 e. The molecule has 0 bridgehead atoms. The maximum absolute atomic E-state index is 12.5. The molecule has 0 saturated carbocycles. The molecule has 19 heavy (non-hydrogen) atoms. The molecule has 1 unspecified atom stereocenters. The second kappa shape index (κ2) is 5.40. The van der Waals surface area contributed by atoms with E-state index in [2.05, 4.69) is 0 Å². The zero-order valence-corrected chi connectivity index (χ0v) is 9.94. The first-order valence-electron chi connectivity index (χ1n) is 5.53. The van der Waals surface area contributed by atoms with E-state index in [1.807, 2.05) is 0 Å². The molecule has 1 aromatic carbocycles. The van der Waals surface area contributed by atoms with E-state index in [1.54, 1.807) is 6.92 Å². The summed E-state index contributed by atoms with van der Waals surface area (Å²) in [5.74, 6) is 0. The van der Waals surface area contributed by atoms with Crippen molar-refractivity contribution in [3.63, 3.8) is 0 Å². The van der Waals surface area contributed by atoms with E-state index in [4.69, 9.17) is 0 Å². The lowest BCUT2D eigenvalue weighted by molar-refractivity contribution is -0.143. The molecule has 0 aliphatic carbocycles. The molecular weight excluding hydrogens is 274 g/mol. The Hall–Kier alpha value is -1.24. The minimum Gasteiger partial charge on any atom is -0.388 e. The van der Waals surface area contributed by atoms with Crippen molar-refractivity contribution in [2.24, 2.45) is 0 Å². The fourth-order valence-electron chi connectivity index (χ4n) is 1.61. The summed E-state index contributed by atoms with van der Waals surface area (Å²) in [4.78, 5) is 0. The highest BCUT2D eigenvalue weighted by molar-refractivity contribution is 5.34. The topological polar surface area (TPSA) is 20.2 Å². The van der Waals surface area contributed by atoms with Gasteiger partial charge in [-0.3, -0.25) is 0 Å². The zero-order chi connectivity index (χ0) is 14.8. The Labute approximate surface area is 105 Å². The van der Waals surface area contributed by atoms with Crippen molar-refractivity contribution < 1.29 is 31.4 Å². The van der Waals surface area contributed by atoms with Crippen molar-refractivity contribution in [3.8, 4) is 0 Å². The summed E-state index contributed by atoms with van der Waals surface area (Å²) in [6.07, 6.45) is -10.6. The molecule has 1 rings (SSSR count). The quantitative estimate of drug-likeness (QED) is 0.808. The lowest BCUT2D eigenvalue weighted by atomic mass is 9.99. The molecule has 1 aromatic rings. The van der Waals surface area contributed by atoms with Gasteiger partial charge in [-0.1, -0.05) is 13.3 Å². The molecule has 0 fully saturated rings. The van der Waals surface area contributed by atoms with Crippen LogP contribution in [0.2, 0.25) is 0 Å². The summed E-state index contributed by atoms with van der Waals surface area (Å²) < 4.78 is 75.2. The normalized spacial score (nSPS) is 14.5. The molecule has 0 radical (unpaired) electrons. The lowest BCUT2D eigenvalue weighted by Gasteiger charge is -2.16. The van der Waals surface area contributed by atoms with Crippen molar-refractivity contribution in [1.29, 1.82) is 0 Å². The fraction of sp³-hybridized carbons (Fsp3) is 0.500. The van der Waals surface area contributed by atoms with Crippen LogP contribution in [0.1, 0.15) is 42.6 Å². The van der Waals surface area contributed by atoms with Crippen molar-refractivity contribution in [2.45, 2.75) is 38.2 Å². The Kier molecular flexibility index (Phi) is 4.50. The minimum absolute atomic E-state index is 0.0438. The Morgan fingerprint density at radius 1 is 0.947 bits per heavy atom. The van der Waals surface area contributed by atoms with Crippen LogP contribution in [0.5, 0.6) is 0 Å². The molecule has 108 valence electrons. The predicted octanol–water partition coefficient (Wildman–Crippen LogP) is 4.56. The predicted molar refractivity (Wildman–Crippen MR) is 56.3 cm³/mol. The fourth-order valence-corrected chi connectivity index (χ4v) is 1.61. The highest BCUT2D eigenvalue weighted by Gasteiger charge is 2.37. The summed E-state index contributed by atoms with van der Waals surface area (Å²) in [6, 6.07) is 1.15. The summed E-state index contributed by atoms with van der Waals surface area (Å²) in [5, 5.41) is 9.57. The van der Waals surface area contributed by atoms with Crippen molar-refractivity contribution in [3.05, 3.63) is 34.9 Å². The van der Waals surface area contributed by atoms with E-state index in [0.717, 1.165) is 0 Å². The Morgan fingerprint density at radius 2 is 1.37 bits per heavy atom. The van der Waals surface area contributed by atoms with E-state index < -0.39 is 29.6 Å². The number of halogens is 6. The molecule has 0 saturated heterocycles. The Bertz CT molecular complexity index is 403. The molecule has 0 aliphatic heterocycles. The van der Waals surface area contributed by atoms with Crippen molar-refractivity contribution in [2.75, 3.05) is 0 Å². The van der Waals surface area contributed by atoms with Crippen molar-refractivity contribution >= 4 is 0 Å². The van der Waals surface area contributed by atoms with Gasteiger partial charge >= 0.3 is 12.4 Å². The van der Waals surface area contributed by atoms with Gasteiger partial charge in [-0.2, -0.15) is 26.3 Å². The van der Waals surface area contributed by atoms with E-state index >= 15 is 0 Å². The summed E-state index contributed by atoms with van der Waals surface area (Å²) in [5.41, 5.74) is -3.19. The second-order valence-electron chi connectivity index (χ2n) is 4.14. The first-order chi connectivity index (χ1) is 8.55. The standard InChI is InChI=1S/C12H12F6O/c1-2-3-10(19)7-4-8(11(13,14)15)6-9(5-7)12(16,17)18/h4-6,10,19H,2-3H2,1H3. The van der Waals surface area contributed by atoms with Crippen LogP contribution in [-0.4, -0.2) is 5.11 Å². The van der Waals surface area contributed by atoms with Gasteiger partial charge in [-0.15, -0.1) is 0 Å². The molecule has 0 heterocycles. The van der Waals surface area contributed by atoms with E-state index in [9.17, 15) is 31.4 Å². The van der Waals surface area contributed by atoms with Crippen molar-refractivity contribution in [1.82, 2.24) is 0 Å². The monoisotopic (exact) mass is 286 g/mol. The van der Waals surface area contributed by atoms with Gasteiger partial charge in [-0.05, 0) is 30.2 Å². The maximum Gasteiger partial charge on any atom is 0.416 e. The van der Waals surface area contributed by atoms with E-state index in [-0.39, 0.29) is 18.1 Å². The summed E-state index contributed by atoms with van der Waals surface area (Å²) in [7, 11) is 0. The average Bonchev–Trinajstić information content (AvgIpc) is 2.26. The number of aliphatic hydroxyl groups is 1. The Balaban J connectivity index is 3.33. The number of rotatable bonds is 3. The first kappa shape index (κ1) is 15.8. The molecular formula is C12H12F6O. The van der Waals surface area contributed by atoms with Gasteiger partial charge in [0.1, 0.15) is 0 Å². The van der Waals surface area contributed by atoms with Gasteiger partial charge in [0.15, 0.2) is 0 Å². The lowest BCUT2D eigenvalue weighted by Crippen LogP contribution is -2.13. The molecule has 7 heteroatoms. The largest absolute Gasteiger partial charge is 0.416 e. The highest BCUT2D eigenvalue weighted by Crippen LogP contribution is 2.37. The van der Waals surface area contributed by atoms with Crippen LogP contribution in [0.4, 0.5) is 26.3 Å². The third-order valence-corrected chi connectivity index (χ3v) is 2.56. The number of hydrogen-bond acceptors (Lipinski definition) is 1. The number of hydrogen-bond donors (Lipinski definition) is 1. The number of aliphatic hydroxyl groups excluding tert-OH is 1. The van der Waals surface area contributed by atoms with Crippen LogP contribution in [0.25, 0.3) is 0 Å². The van der Waals surface area contributed by atoms with E-state index in [0.29, 0.717) is 18.6 Å². The van der Waals surface area contributed by atoms with Gasteiger partial charge in [-0.25, -0.2) is 0 Å². The third kappa shape index (κ3) is 4.12. The zero-order valence-electron chi connectivity index (χ0n) is 9.94. The SMILES string of the molecule is CCCC(O)c1cc(C(F)(F)F)cc(C(F)(F)F)c1. The first-order valence-corrected chi connectivity index (χ1v) is 5.53. The van der Waals surface area contributed by atoms with Gasteiger partial charge in [0.2, 0.25) is 0 Å². The van der Waals surface area contributed by atoms with Gasteiger partial charge in [0, 0.05) is 0 Å². The van der Waals surface area contributed by atoms with Crippen LogP contribution < -0.4 is 0 Å². The van der Waals surface area contributed by atoms with Gasteiger partial charge in [0.05, 0.1) is 17.2 Å². The van der Waals surface area contributed by atoms with Crippen LogP contribution in [-0.2, 0) is 12.4 Å². The second-order valence-corrected chi connectivity index (χ2v) is 4.14. The molecule has 0 aliphatic rings. The average molecular weight is 286 g/mol. The summed E-state index contributed by atoms with van der Waals surface area (Å²) in [6.45, 7) is 1.67. The minimum atomic E-state index is -4.89. The highest BCUT2D eigenvalue weighted by atomic mass is 19.4. The van der Waals surface area contributed by atoms with Crippen LogP contribution >= 0.6 is 0 Å². The van der Waals surface area contributed by atoms with Crippen LogP contribution in [0.15, 0.2) is 18.2 Å². The molecule has 1 atom stereocenters. The molecule has 1 N–H and O–H groups in total. The van der Waals surface area contributed by atoms with Gasteiger partial charge in [0.25, 0.3) is 0 Å². The molecule has 0 spiro atoms. The van der Waals surface area contributed by atoms with Crippen LogP contribution in [0.3, 0.4) is 0 Å². The maximum atomic E-state index is 12.5. The van der Waals surface area contributed by atoms with Gasteiger partial charge < -0.3 is 5.11 Å². The molecule has 0 aromatic heterocycles. The molecule has 0 amide bonds. The Morgan fingerprint density at radius 3 is 1.68 bits per heavy atom.